The Morgan fingerprint density at radius 1 is 0.731 bits per heavy atom. The Bertz CT molecular complexity index is 325. The van der Waals surface area contributed by atoms with Crippen LogP contribution in [-0.4, -0.2) is 45.6 Å². The Morgan fingerprint density at radius 2 is 1.00 bits per heavy atom. The van der Waals surface area contributed by atoms with E-state index in [4.69, 9.17) is 0 Å². The normalized spacial score (nSPS) is 14.1. The van der Waals surface area contributed by atoms with Gasteiger partial charge >= 0.3 is 0 Å². The second-order valence-corrected chi connectivity index (χ2v) is 8.18. The quantitative estimate of drug-likeness (QED) is 0.151. The number of unbranched alkanes of at least 4 members (excludes halogenated alkanes) is 4. The lowest BCUT2D eigenvalue weighted by Crippen LogP contribution is -3.00. The molecule has 0 radical (unpaired) electrons. The van der Waals surface area contributed by atoms with Gasteiger partial charge in [-0.2, -0.15) is 0 Å². The molecule has 26 heavy (non-hydrogen) atoms. The molecule has 0 spiro atoms. The Balaban J connectivity index is 0. The van der Waals surface area contributed by atoms with Crippen LogP contribution in [0.1, 0.15) is 91.9 Å². The molecule has 6 heteroatoms. The SMILES string of the molecule is CCCC[N+](CCCC)(CCCC)CCCC.O=C1CCC(=O)N1I.[I-]. The van der Waals surface area contributed by atoms with E-state index in [0.717, 1.165) is 3.11 Å². The second kappa shape index (κ2) is 17.6. The summed E-state index contributed by atoms with van der Waals surface area (Å²) >= 11 is 1.72. The van der Waals surface area contributed by atoms with Crippen molar-refractivity contribution in [1.82, 2.24) is 3.11 Å². The van der Waals surface area contributed by atoms with Gasteiger partial charge in [-0.1, -0.05) is 53.4 Å². The Kier molecular flexibility index (Phi) is 19.5. The van der Waals surface area contributed by atoms with Crippen molar-refractivity contribution in [3.8, 4) is 0 Å². The van der Waals surface area contributed by atoms with Crippen LogP contribution in [0.3, 0.4) is 0 Å². The highest BCUT2D eigenvalue weighted by Crippen LogP contribution is 2.16. The topological polar surface area (TPSA) is 37.4 Å². The summed E-state index contributed by atoms with van der Waals surface area (Å²) in [6.07, 6.45) is 11.8. The molecule has 1 fully saturated rings. The molecule has 0 aromatic heterocycles. The van der Waals surface area contributed by atoms with Crippen LogP contribution in [0.5, 0.6) is 0 Å². The summed E-state index contributed by atoms with van der Waals surface area (Å²) in [5.74, 6) is -0.147. The van der Waals surface area contributed by atoms with E-state index in [1.807, 2.05) is 0 Å². The zero-order valence-corrected chi connectivity index (χ0v) is 21.7. The zero-order chi connectivity index (χ0) is 19.1. The summed E-state index contributed by atoms with van der Waals surface area (Å²) in [6.45, 7) is 15.0. The van der Waals surface area contributed by atoms with Crippen molar-refractivity contribution in [3.63, 3.8) is 0 Å². The summed E-state index contributed by atoms with van der Waals surface area (Å²) in [5, 5.41) is 0. The molecule has 1 rings (SSSR count). The predicted octanol–water partition coefficient (Wildman–Crippen LogP) is 2.49. The maximum atomic E-state index is 10.5. The number of amides is 2. The summed E-state index contributed by atoms with van der Waals surface area (Å²) in [6, 6.07) is 0. The first kappa shape index (κ1) is 28.8. The molecule has 0 unspecified atom stereocenters. The van der Waals surface area contributed by atoms with Crippen LogP contribution in [0.4, 0.5) is 0 Å². The van der Waals surface area contributed by atoms with Gasteiger partial charge in [-0.25, -0.2) is 3.11 Å². The molecular formula is C20H40I2N2O2. The molecule has 0 N–H and O–H groups in total. The number of halogens is 2. The van der Waals surface area contributed by atoms with Crippen molar-refractivity contribution in [2.24, 2.45) is 0 Å². The van der Waals surface area contributed by atoms with Gasteiger partial charge < -0.3 is 28.5 Å². The lowest BCUT2D eigenvalue weighted by molar-refractivity contribution is -0.929. The van der Waals surface area contributed by atoms with Crippen molar-refractivity contribution in [2.45, 2.75) is 91.9 Å². The summed E-state index contributed by atoms with van der Waals surface area (Å²) in [5.41, 5.74) is 0. The number of rotatable bonds is 12. The lowest BCUT2D eigenvalue weighted by Gasteiger charge is -2.39. The second-order valence-electron chi connectivity index (χ2n) is 7.22. The lowest BCUT2D eigenvalue weighted by atomic mass is 10.1. The van der Waals surface area contributed by atoms with E-state index in [-0.39, 0.29) is 35.8 Å². The van der Waals surface area contributed by atoms with E-state index in [0.29, 0.717) is 12.8 Å². The molecular weight excluding hydrogens is 554 g/mol. The van der Waals surface area contributed by atoms with E-state index in [1.54, 1.807) is 22.9 Å². The molecule has 0 aliphatic carbocycles. The van der Waals surface area contributed by atoms with Gasteiger partial charge in [0.25, 0.3) is 0 Å². The van der Waals surface area contributed by atoms with Crippen molar-refractivity contribution < 1.29 is 38.0 Å². The van der Waals surface area contributed by atoms with Gasteiger partial charge in [-0.15, -0.1) is 0 Å². The fourth-order valence-corrected chi connectivity index (χ4v) is 3.68. The first-order chi connectivity index (χ1) is 12.0. The smallest absolute Gasteiger partial charge is 0.238 e. The highest BCUT2D eigenvalue weighted by molar-refractivity contribution is 14.1. The minimum atomic E-state index is -0.0735. The van der Waals surface area contributed by atoms with Crippen molar-refractivity contribution >= 4 is 34.7 Å². The summed E-state index contributed by atoms with van der Waals surface area (Å²) < 4.78 is 2.56. The molecule has 1 saturated heterocycles. The van der Waals surface area contributed by atoms with E-state index in [1.165, 1.54) is 82.0 Å². The number of carbonyl (C=O) groups is 2. The number of quaternary nitrogens is 1. The predicted molar refractivity (Wildman–Crippen MR) is 114 cm³/mol. The van der Waals surface area contributed by atoms with Crippen LogP contribution in [-0.2, 0) is 9.59 Å². The zero-order valence-electron chi connectivity index (χ0n) is 17.4. The number of hydrogen-bond acceptors (Lipinski definition) is 2. The standard InChI is InChI=1S/C16H36N.C4H4INO2.HI/c1-5-9-13-17(14-10-6-2,15-11-7-3)16-12-8-4;5-6-3(7)1-2-4(6)8;/h5-16H2,1-4H3;1-2H2;1H/q+1;;/p-1. The monoisotopic (exact) mass is 594 g/mol. The van der Waals surface area contributed by atoms with Gasteiger partial charge in [-0.3, -0.25) is 9.59 Å². The van der Waals surface area contributed by atoms with Crippen molar-refractivity contribution in [1.29, 1.82) is 0 Å². The van der Waals surface area contributed by atoms with Crippen LogP contribution in [0.15, 0.2) is 0 Å². The highest BCUT2D eigenvalue weighted by Gasteiger charge is 2.26. The van der Waals surface area contributed by atoms with Gasteiger partial charge in [0.1, 0.15) is 0 Å². The fourth-order valence-electron chi connectivity index (χ4n) is 3.19. The molecule has 0 aromatic rings. The maximum Gasteiger partial charge on any atom is 0.238 e. The molecule has 0 atom stereocenters. The third kappa shape index (κ3) is 12.1. The Hall–Kier alpha value is 0.560. The molecule has 0 aromatic carbocycles. The first-order valence-corrected chi connectivity index (χ1v) is 11.3. The van der Waals surface area contributed by atoms with E-state index >= 15 is 0 Å². The van der Waals surface area contributed by atoms with Gasteiger partial charge in [0.05, 0.1) is 49.0 Å². The van der Waals surface area contributed by atoms with Crippen molar-refractivity contribution in [2.75, 3.05) is 26.2 Å². The van der Waals surface area contributed by atoms with E-state index in [2.05, 4.69) is 27.7 Å². The minimum Gasteiger partial charge on any atom is -1.00 e. The maximum absolute atomic E-state index is 10.5. The largest absolute Gasteiger partial charge is 1.00 e. The summed E-state index contributed by atoms with van der Waals surface area (Å²) in [4.78, 5) is 21.0. The highest BCUT2D eigenvalue weighted by atomic mass is 127. The summed E-state index contributed by atoms with van der Waals surface area (Å²) in [7, 11) is 0. The number of carbonyl (C=O) groups excluding carboxylic acids is 2. The fraction of sp³-hybridized carbons (Fsp3) is 0.900. The van der Waals surface area contributed by atoms with Gasteiger partial charge in [0, 0.05) is 12.8 Å². The van der Waals surface area contributed by atoms with Crippen LogP contribution in [0.2, 0.25) is 0 Å². The van der Waals surface area contributed by atoms with E-state index < -0.39 is 0 Å². The molecule has 4 nitrogen and oxygen atoms in total. The van der Waals surface area contributed by atoms with Gasteiger partial charge in [0.2, 0.25) is 11.8 Å². The van der Waals surface area contributed by atoms with Crippen LogP contribution in [0, 0.1) is 0 Å². The molecule has 1 aliphatic rings. The molecule has 1 aliphatic heterocycles. The van der Waals surface area contributed by atoms with Gasteiger partial charge in [-0.05, 0) is 25.7 Å². The molecule has 1 heterocycles. The van der Waals surface area contributed by atoms with Crippen LogP contribution < -0.4 is 24.0 Å². The molecule has 2 amide bonds. The number of nitrogens with zero attached hydrogens (tertiary/aromatic N) is 2. The number of hydrogen-bond donors (Lipinski definition) is 0. The Labute approximate surface area is 192 Å². The van der Waals surface area contributed by atoms with E-state index in [9.17, 15) is 9.59 Å². The van der Waals surface area contributed by atoms with Crippen LogP contribution in [0.25, 0.3) is 0 Å². The minimum absolute atomic E-state index is 0. The Morgan fingerprint density at radius 3 is 1.15 bits per heavy atom. The number of imide groups is 1. The molecule has 156 valence electrons. The molecule has 0 saturated carbocycles. The average Bonchev–Trinajstić information content (AvgIpc) is 2.92. The van der Waals surface area contributed by atoms with Gasteiger partial charge in [0.15, 0.2) is 0 Å². The first-order valence-electron chi connectivity index (χ1n) is 10.3. The van der Waals surface area contributed by atoms with Crippen LogP contribution >= 0.6 is 22.9 Å². The molecule has 0 bridgehead atoms. The third-order valence-electron chi connectivity index (χ3n) is 4.93. The van der Waals surface area contributed by atoms with Crippen molar-refractivity contribution in [3.05, 3.63) is 0 Å². The average molecular weight is 594 g/mol. The third-order valence-corrected chi connectivity index (χ3v) is 6.01.